The van der Waals surface area contributed by atoms with Gasteiger partial charge >= 0.3 is 12.0 Å². The molecule has 1 atom stereocenters. The first kappa shape index (κ1) is 29.4. The van der Waals surface area contributed by atoms with E-state index in [1.54, 1.807) is 12.1 Å². The molecule has 224 valence electrons. The van der Waals surface area contributed by atoms with Crippen LogP contribution in [0.2, 0.25) is 0 Å². The molecule has 0 aromatic heterocycles. The summed E-state index contributed by atoms with van der Waals surface area (Å²) < 4.78 is 5.38. The third kappa shape index (κ3) is 7.39. The Morgan fingerprint density at radius 3 is 2.33 bits per heavy atom. The van der Waals surface area contributed by atoms with Crippen LogP contribution in [0.5, 0.6) is 0 Å². The van der Waals surface area contributed by atoms with Crippen molar-refractivity contribution in [3.05, 3.63) is 59.2 Å². The number of benzene rings is 2. The largest absolute Gasteiger partial charge is 0.481 e. The number of urea groups is 1. The van der Waals surface area contributed by atoms with E-state index in [9.17, 15) is 24.3 Å². The molecular formula is C31H39N5O6. The summed E-state index contributed by atoms with van der Waals surface area (Å²) in [6, 6.07) is 11.9. The second kappa shape index (κ2) is 13.2. The van der Waals surface area contributed by atoms with E-state index in [1.807, 2.05) is 47.1 Å². The molecule has 3 aliphatic rings. The number of hydrogen-bond donors (Lipinski definition) is 3. The lowest BCUT2D eigenvalue weighted by atomic mass is 10.0. The summed E-state index contributed by atoms with van der Waals surface area (Å²) in [5.74, 6) is -1.54. The molecule has 1 unspecified atom stereocenters. The predicted molar refractivity (Wildman–Crippen MR) is 158 cm³/mol. The minimum atomic E-state index is -1.02. The fourth-order valence-corrected chi connectivity index (χ4v) is 5.40. The molecule has 11 nitrogen and oxygen atoms in total. The van der Waals surface area contributed by atoms with Crippen LogP contribution in [0.15, 0.2) is 42.5 Å². The molecule has 2 aliphatic heterocycles. The van der Waals surface area contributed by atoms with E-state index in [0.717, 1.165) is 30.5 Å². The smallest absolute Gasteiger partial charge is 0.320 e. The SMILES string of the molecule is Cc1ccc(C(CC(=O)O)NC(=O)c2ccc(N3CCCN(C(=O)N4CCOCC4)CC3)c(NC(=O)C3CC3)c2)cc1. The Balaban J connectivity index is 1.33. The van der Waals surface area contributed by atoms with E-state index < -0.39 is 17.9 Å². The van der Waals surface area contributed by atoms with Crippen LogP contribution in [0.4, 0.5) is 16.2 Å². The number of carboxylic acids is 1. The monoisotopic (exact) mass is 577 g/mol. The van der Waals surface area contributed by atoms with E-state index in [4.69, 9.17) is 4.74 Å². The summed E-state index contributed by atoms with van der Waals surface area (Å²) in [6.07, 6.45) is 2.20. The minimum absolute atomic E-state index is 0.0254. The highest BCUT2D eigenvalue weighted by Crippen LogP contribution is 2.34. The molecule has 0 spiro atoms. The maximum Gasteiger partial charge on any atom is 0.320 e. The first-order valence-electron chi connectivity index (χ1n) is 14.7. The van der Waals surface area contributed by atoms with Crippen molar-refractivity contribution in [2.24, 2.45) is 5.92 Å². The van der Waals surface area contributed by atoms with Crippen LogP contribution in [0.1, 0.15) is 53.2 Å². The fraction of sp³-hybridized carbons (Fsp3) is 0.484. The lowest BCUT2D eigenvalue weighted by molar-refractivity contribution is -0.137. The number of nitrogens with one attached hydrogen (secondary N) is 2. The second-order valence-corrected chi connectivity index (χ2v) is 11.2. The number of nitrogens with zero attached hydrogens (tertiary/aromatic N) is 3. The van der Waals surface area contributed by atoms with Crippen LogP contribution < -0.4 is 15.5 Å². The van der Waals surface area contributed by atoms with Crippen molar-refractivity contribution in [3.63, 3.8) is 0 Å². The molecule has 2 saturated heterocycles. The van der Waals surface area contributed by atoms with Crippen LogP contribution in [0.3, 0.4) is 0 Å². The third-order valence-electron chi connectivity index (χ3n) is 8.02. The van der Waals surface area contributed by atoms with Gasteiger partial charge in [-0.25, -0.2) is 4.79 Å². The zero-order valence-electron chi connectivity index (χ0n) is 24.0. The molecule has 2 aromatic rings. The average Bonchev–Trinajstić information content (AvgIpc) is 3.85. The van der Waals surface area contributed by atoms with Crippen molar-refractivity contribution >= 4 is 35.2 Å². The number of carbonyl (C=O) groups is 4. The number of anilines is 2. The number of carboxylic acid groups (broad SMARTS) is 1. The Labute approximate surface area is 245 Å². The first-order valence-corrected chi connectivity index (χ1v) is 14.7. The quantitative estimate of drug-likeness (QED) is 0.439. The number of rotatable bonds is 8. The predicted octanol–water partition coefficient (Wildman–Crippen LogP) is 3.25. The summed E-state index contributed by atoms with van der Waals surface area (Å²) in [5.41, 5.74) is 3.40. The van der Waals surface area contributed by atoms with E-state index in [-0.39, 0.29) is 24.3 Å². The van der Waals surface area contributed by atoms with Crippen molar-refractivity contribution in [3.8, 4) is 0 Å². The molecule has 0 bridgehead atoms. The zero-order valence-corrected chi connectivity index (χ0v) is 24.0. The fourth-order valence-electron chi connectivity index (χ4n) is 5.40. The van der Waals surface area contributed by atoms with Gasteiger partial charge in [0, 0.05) is 50.7 Å². The van der Waals surface area contributed by atoms with Crippen LogP contribution in [-0.4, -0.2) is 91.2 Å². The number of aryl methyl sites for hydroxylation is 1. The van der Waals surface area contributed by atoms with Crippen molar-refractivity contribution in [1.82, 2.24) is 15.1 Å². The van der Waals surface area contributed by atoms with E-state index in [2.05, 4.69) is 15.5 Å². The van der Waals surface area contributed by atoms with Crippen LogP contribution >= 0.6 is 0 Å². The van der Waals surface area contributed by atoms with Crippen LogP contribution in [0.25, 0.3) is 0 Å². The molecule has 3 N–H and O–H groups in total. The molecular weight excluding hydrogens is 538 g/mol. The molecule has 3 fully saturated rings. The average molecular weight is 578 g/mol. The van der Waals surface area contributed by atoms with Gasteiger partial charge in [-0.05, 0) is 49.9 Å². The molecule has 0 radical (unpaired) electrons. The number of hydrogen-bond acceptors (Lipinski definition) is 6. The van der Waals surface area contributed by atoms with Crippen LogP contribution in [-0.2, 0) is 14.3 Å². The second-order valence-electron chi connectivity index (χ2n) is 11.2. The van der Waals surface area contributed by atoms with Crippen molar-refractivity contribution < 1.29 is 29.0 Å². The lowest BCUT2D eigenvalue weighted by Crippen LogP contribution is -2.49. The summed E-state index contributed by atoms with van der Waals surface area (Å²) in [5, 5.41) is 15.4. The zero-order chi connectivity index (χ0) is 29.6. The van der Waals surface area contributed by atoms with Gasteiger partial charge in [0.1, 0.15) is 0 Å². The van der Waals surface area contributed by atoms with Gasteiger partial charge < -0.3 is 35.2 Å². The molecule has 42 heavy (non-hydrogen) atoms. The Morgan fingerprint density at radius 1 is 0.929 bits per heavy atom. The van der Waals surface area contributed by atoms with E-state index in [1.165, 1.54) is 0 Å². The Morgan fingerprint density at radius 2 is 1.64 bits per heavy atom. The Bertz CT molecular complexity index is 1310. The van der Waals surface area contributed by atoms with Gasteiger partial charge in [0.05, 0.1) is 37.1 Å². The standard InChI is InChI=1S/C31H39N5O6/c1-21-3-5-22(6-4-21)25(20-28(37)38)32-30(40)24-9-10-27(26(19-24)33-29(39)23-7-8-23)34-11-2-12-35(14-13-34)31(41)36-15-17-42-18-16-36/h3-6,9-10,19,23,25H,2,7-8,11-18,20H2,1H3,(H,32,40)(H,33,39)(H,37,38). The number of ether oxygens (including phenoxy) is 1. The minimum Gasteiger partial charge on any atom is -0.481 e. The highest BCUT2D eigenvalue weighted by molar-refractivity contribution is 6.01. The molecule has 4 amide bonds. The summed E-state index contributed by atoms with van der Waals surface area (Å²) in [4.78, 5) is 56.7. The van der Waals surface area contributed by atoms with E-state index >= 15 is 0 Å². The highest BCUT2D eigenvalue weighted by atomic mass is 16.5. The molecule has 2 heterocycles. The first-order chi connectivity index (χ1) is 20.3. The van der Waals surface area contributed by atoms with Gasteiger partial charge in [-0.2, -0.15) is 0 Å². The number of carbonyl (C=O) groups excluding carboxylic acids is 3. The lowest BCUT2D eigenvalue weighted by Gasteiger charge is -2.32. The summed E-state index contributed by atoms with van der Waals surface area (Å²) >= 11 is 0. The molecule has 5 rings (SSSR count). The van der Waals surface area contributed by atoms with Gasteiger partial charge in [0.15, 0.2) is 0 Å². The number of amides is 4. The number of morpholine rings is 1. The molecule has 11 heteroatoms. The third-order valence-corrected chi connectivity index (χ3v) is 8.02. The van der Waals surface area contributed by atoms with Gasteiger partial charge in [0.2, 0.25) is 5.91 Å². The summed E-state index contributed by atoms with van der Waals surface area (Å²) in [7, 11) is 0. The summed E-state index contributed by atoms with van der Waals surface area (Å²) in [6.45, 7) is 6.70. The molecule has 1 aliphatic carbocycles. The molecule has 2 aromatic carbocycles. The Hall–Kier alpha value is -4.12. The normalized spacial score (nSPS) is 18.2. The van der Waals surface area contributed by atoms with Crippen molar-refractivity contribution in [2.75, 3.05) is 62.7 Å². The maximum absolute atomic E-state index is 13.4. The van der Waals surface area contributed by atoms with E-state index in [0.29, 0.717) is 69.3 Å². The number of aliphatic carboxylic acids is 1. The van der Waals surface area contributed by atoms with Crippen molar-refractivity contribution in [1.29, 1.82) is 0 Å². The molecule has 1 saturated carbocycles. The highest BCUT2D eigenvalue weighted by Gasteiger charge is 2.31. The van der Waals surface area contributed by atoms with Gasteiger partial charge in [-0.1, -0.05) is 29.8 Å². The van der Waals surface area contributed by atoms with Gasteiger partial charge in [0.25, 0.3) is 5.91 Å². The van der Waals surface area contributed by atoms with Gasteiger partial charge in [-0.3, -0.25) is 14.4 Å². The maximum atomic E-state index is 13.4. The van der Waals surface area contributed by atoms with Gasteiger partial charge in [-0.15, -0.1) is 0 Å². The Kier molecular flexibility index (Phi) is 9.26. The topological polar surface area (TPSA) is 132 Å². The van der Waals surface area contributed by atoms with Crippen LogP contribution in [0, 0.1) is 12.8 Å². The van der Waals surface area contributed by atoms with Crippen molar-refractivity contribution in [2.45, 2.75) is 38.6 Å².